The zero-order valence-electron chi connectivity index (χ0n) is 9.44. The van der Waals surface area contributed by atoms with E-state index in [9.17, 15) is 14.9 Å². The van der Waals surface area contributed by atoms with E-state index in [2.05, 4.69) is 25.0 Å². The van der Waals surface area contributed by atoms with Crippen molar-refractivity contribution in [3.63, 3.8) is 0 Å². The Bertz CT molecular complexity index is 611. The van der Waals surface area contributed by atoms with E-state index < -0.39 is 16.5 Å². The smallest absolute Gasteiger partial charge is 0.300 e. The zero-order chi connectivity index (χ0) is 13.8. The summed E-state index contributed by atoms with van der Waals surface area (Å²) >= 11 is 0. The number of aromatic nitrogens is 3. The van der Waals surface area contributed by atoms with Crippen molar-refractivity contribution in [1.29, 1.82) is 0 Å². The van der Waals surface area contributed by atoms with Crippen molar-refractivity contribution in [2.75, 3.05) is 5.73 Å². The maximum Gasteiger partial charge on any atom is 0.300 e. The van der Waals surface area contributed by atoms with Gasteiger partial charge >= 0.3 is 0 Å². The fourth-order valence-corrected chi connectivity index (χ4v) is 1.32. The van der Waals surface area contributed by atoms with E-state index in [4.69, 9.17) is 5.73 Å². The second-order valence-electron chi connectivity index (χ2n) is 3.41. The minimum absolute atomic E-state index is 0.00955. The van der Waals surface area contributed by atoms with E-state index in [1.807, 2.05) is 0 Å². The second-order valence-corrected chi connectivity index (χ2v) is 3.41. The average molecular weight is 264 g/mol. The largest absolute Gasteiger partial charge is 0.384 e. The predicted octanol–water partition coefficient (Wildman–Crippen LogP) is -0.115. The fourth-order valence-electron chi connectivity index (χ4n) is 1.32. The molecule has 2 aromatic heterocycles. The van der Waals surface area contributed by atoms with Crippen molar-refractivity contribution in [2.24, 2.45) is 0 Å². The minimum Gasteiger partial charge on any atom is -0.384 e. The number of carbonyl (C=O) groups is 1. The van der Waals surface area contributed by atoms with Crippen LogP contribution < -0.4 is 11.1 Å². The Morgan fingerprint density at radius 1 is 1.53 bits per heavy atom. The van der Waals surface area contributed by atoms with Gasteiger partial charge in [0.2, 0.25) is 6.39 Å². The first-order valence-corrected chi connectivity index (χ1v) is 5.01. The van der Waals surface area contributed by atoms with E-state index >= 15 is 0 Å². The number of hydrogen-bond acceptors (Lipinski definition) is 8. The highest BCUT2D eigenvalue weighted by atomic mass is 16.6. The molecular weight excluding hydrogens is 256 g/mol. The summed E-state index contributed by atoms with van der Waals surface area (Å²) in [5, 5.41) is 16.7. The molecule has 1 amide bonds. The summed E-state index contributed by atoms with van der Waals surface area (Å²) < 4.78 is 4.48. The van der Waals surface area contributed by atoms with Crippen LogP contribution in [0.25, 0.3) is 0 Å². The molecule has 0 unspecified atom stereocenters. The number of rotatable bonds is 4. The Kier molecular flexibility index (Phi) is 3.32. The van der Waals surface area contributed by atoms with Crippen molar-refractivity contribution in [1.82, 2.24) is 20.4 Å². The molecule has 10 heteroatoms. The summed E-state index contributed by atoms with van der Waals surface area (Å²) in [6, 6.07) is 1.13. The van der Waals surface area contributed by atoms with Crippen LogP contribution in [-0.4, -0.2) is 26.0 Å². The predicted molar refractivity (Wildman–Crippen MR) is 60.8 cm³/mol. The molecule has 0 aliphatic heterocycles. The van der Waals surface area contributed by atoms with Crippen LogP contribution in [0.3, 0.4) is 0 Å². The van der Waals surface area contributed by atoms with Gasteiger partial charge < -0.3 is 15.6 Å². The number of anilines is 1. The normalized spacial score (nSPS) is 10.1. The molecule has 0 saturated carbocycles. The molecule has 0 aliphatic rings. The van der Waals surface area contributed by atoms with Crippen molar-refractivity contribution in [3.05, 3.63) is 40.2 Å². The Morgan fingerprint density at radius 3 is 2.95 bits per heavy atom. The summed E-state index contributed by atoms with van der Waals surface area (Å²) in [5.74, 6) is -0.418. The number of nitrogens with zero attached hydrogens (tertiary/aromatic N) is 4. The Labute approximate surface area is 105 Å². The van der Waals surface area contributed by atoms with Crippen LogP contribution in [0.1, 0.15) is 16.2 Å². The minimum atomic E-state index is -0.713. The SMILES string of the molecule is Nc1cc(C(=O)NCc2ncon2)c([N+](=O)[O-])cn1. The highest BCUT2D eigenvalue weighted by Crippen LogP contribution is 2.18. The lowest BCUT2D eigenvalue weighted by Crippen LogP contribution is -2.24. The van der Waals surface area contributed by atoms with Gasteiger partial charge in [0.1, 0.15) is 17.6 Å². The highest BCUT2D eigenvalue weighted by molar-refractivity contribution is 5.98. The van der Waals surface area contributed by atoms with E-state index in [1.54, 1.807) is 0 Å². The Hall–Kier alpha value is -3.04. The summed E-state index contributed by atoms with van der Waals surface area (Å²) in [5.41, 5.74) is 4.79. The van der Waals surface area contributed by atoms with Crippen LogP contribution in [0.2, 0.25) is 0 Å². The lowest BCUT2D eigenvalue weighted by Gasteiger charge is -2.04. The molecule has 0 bridgehead atoms. The number of nitrogen functional groups attached to an aromatic ring is 1. The third-order valence-corrected chi connectivity index (χ3v) is 2.16. The summed E-state index contributed by atoms with van der Waals surface area (Å²) in [4.78, 5) is 29.2. The number of carbonyl (C=O) groups excluding carboxylic acids is 1. The molecule has 0 atom stereocenters. The van der Waals surface area contributed by atoms with E-state index in [1.165, 1.54) is 0 Å². The molecule has 2 heterocycles. The van der Waals surface area contributed by atoms with E-state index in [0.717, 1.165) is 18.7 Å². The van der Waals surface area contributed by atoms with Gasteiger partial charge in [0, 0.05) is 0 Å². The summed E-state index contributed by atoms with van der Waals surface area (Å²) in [7, 11) is 0. The first-order chi connectivity index (χ1) is 9.08. The van der Waals surface area contributed by atoms with Crippen molar-refractivity contribution in [2.45, 2.75) is 6.54 Å². The number of nitro groups is 1. The van der Waals surface area contributed by atoms with Crippen molar-refractivity contribution in [3.8, 4) is 0 Å². The number of hydrogen-bond donors (Lipinski definition) is 2. The topological polar surface area (TPSA) is 150 Å². The van der Waals surface area contributed by atoms with Crippen LogP contribution in [0.5, 0.6) is 0 Å². The quantitative estimate of drug-likeness (QED) is 0.573. The maximum atomic E-state index is 11.8. The lowest BCUT2D eigenvalue weighted by molar-refractivity contribution is -0.385. The fraction of sp³-hybridized carbons (Fsp3) is 0.111. The molecule has 0 spiro atoms. The van der Waals surface area contributed by atoms with Gasteiger partial charge in [-0.05, 0) is 6.07 Å². The standard InChI is InChI=1S/C9H8N6O4/c10-7-1-5(6(2-11-7)15(17)18)9(16)12-3-8-13-4-19-14-8/h1-2,4H,3H2,(H2,10,11)(H,12,16). The first kappa shape index (κ1) is 12.4. The van der Waals surface area contributed by atoms with Gasteiger partial charge in [-0.25, -0.2) is 4.98 Å². The van der Waals surface area contributed by atoms with Crippen molar-refractivity contribution >= 4 is 17.4 Å². The van der Waals surface area contributed by atoms with Gasteiger partial charge in [0.05, 0.1) is 11.5 Å². The molecular formula is C9H8N6O4. The van der Waals surface area contributed by atoms with Crippen LogP contribution >= 0.6 is 0 Å². The van der Waals surface area contributed by atoms with Crippen LogP contribution in [0.4, 0.5) is 11.5 Å². The molecule has 0 saturated heterocycles. The molecule has 3 N–H and O–H groups in total. The molecule has 98 valence electrons. The van der Waals surface area contributed by atoms with Gasteiger partial charge in [-0.15, -0.1) is 0 Å². The van der Waals surface area contributed by atoms with Gasteiger partial charge in [0.25, 0.3) is 11.6 Å². The van der Waals surface area contributed by atoms with Crippen LogP contribution in [0, 0.1) is 10.1 Å². The third-order valence-electron chi connectivity index (χ3n) is 2.16. The number of nitrogens with two attached hydrogens (primary N) is 1. The summed E-state index contributed by atoms with van der Waals surface area (Å²) in [6.07, 6.45) is 2.03. The third kappa shape index (κ3) is 2.80. The number of amides is 1. The van der Waals surface area contributed by atoms with Gasteiger partial charge in [-0.3, -0.25) is 14.9 Å². The monoisotopic (exact) mass is 264 g/mol. The van der Waals surface area contributed by atoms with E-state index in [-0.39, 0.29) is 23.8 Å². The average Bonchev–Trinajstić information content (AvgIpc) is 2.88. The highest BCUT2D eigenvalue weighted by Gasteiger charge is 2.21. The summed E-state index contributed by atoms with van der Waals surface area (Å²) in [6.45, 7) is -0.0191. The van der Waals surface area contributed by atoms with Gasteiger partial charge in [-0.1, -0.05) is 5.16 Å². The Morgan fingerprint density at radius 2 is 2.32 bits per heavy atom. The molecule has 0 aromatic carbocycles. The van der Waals surface area contributed by atoms with Crippen LogP contribution in [-0.2, 0) is 6.54 Å². The molecule has 2 rings (SSSR count). The molecule has 10 nitrogen and oxygen atoms in total. The number of nitrogens with one attached hydrogen (secondary N) is 1. The first-order valence-electron chi connectivity index (χ1n) is 5.01. The van der Waals surface area contributed by atoms with Crippen molar-refractivity contribution < 1.29 is 14.2 Å². The molecule has 2 aromatic rings. The Balaban J connectivity index is 2.18. The van der Waals surface area contributed by atoms with E-state index in [0.29, 0.717) is 0 Å². The zero-order valence-corrected chi connectivity index (χ0v) is 9.44. The molecule has 19 heavy (non-hydrogen) atoms. The van der Waals surface area contributed by atoms with Gasteiger partial charge in [0.15, 0.2) is 5.82 Å². The second kappa shape index (κ2) is 5.08. The van der Waals surface area contributed by atoms with Crippen LogP contribution in [0.15, 0.2) is 23.2 Å². The number of pyridine rings is 1. The molecule has 0 aliphatic carbocycles. The lowest BCUT2D eigenvalue weighted by atomic mass is 10.2. The maximum absolute atomic E-state index is 11.8. The van der Waals surface area contributed by atoms with Gasteiger partial charge in [-0.2, -0.15) is 4.98 Å². The molecule has 0 fully saturated rings. The molecule has 0 radical (unpaired) electrons.